The van der Waals surface area contributed by atoms with Crippen molar-refractivity contribution in [2.75, 3.05) is 26.2 Å². The molecule has 0 saturated carbocycles. The Balaban J connectivity index is 1.66. The molecule has 3 rings (SSSR count). The van der Waals surface area contributed by atoms with Gasteiger partial charge in [0.25, 0.3) is 5.91 Å². The summed E-state index contributed by atoms with van der Waals surface area (Å²) in [7, 11) is 0. The number of benzene rings is 2. The quantitative estimate of drug-likeness (QED) is 0.931. The van der Waals surface area contributed by atoms with E-state index in [-0.39, 0.29) is 17.0 Å². The third-order valence-corrected chi connectivity index (χ3v) is 4.82. The van der Waals surface area contributed by atoms with Gasteiger partial charge in [-0.15, -0.1) is 0 Å². The molecule has 0 spiro atoms. The molecule has 2 aromatic rings. The number of hydrogen-bond acceptors (Lipinski definition) is 3. The van der Waals surface area contributed by atoms with E-state index in [2.05, 4.69) is 24.0 Å². The van der Waals surface area contributed by atoms with Crippen LogP contribution >= 0.6 is 0 Å². The van der Waals surface area contributed by atoms with Gasteiger partial charge >= 0.3 is 5.97 Å². The highest BCUT2D eigenvalue weighted by Crippen LogP contribution is 2.22. The molecule has 0 bridgehead atoms. The number of carboxylic acids is 1. The van der Waals surface area contributed by atoms with Crippen molar-refractivity contribution in [2.45, 2.75) is 13.0 Å². The van der Waals surface area contributed by atoms with Gasteiger partial charge < -0.3 is 10.0 Å². The van der Waals surface area contributed by atoms with E-state index in [1.807, 2.05) is 18.2 Å². The largest absolute Gasteiger partial charge is 0.478 e. The van der Waals surface area contributed by atoms with Gasteiger partial charge in [0.2, 0.25) is 0 Å². The molecular weight excluding hydrogens is 316 g/mol. The van der Waals surface area contributed by atoms with Crippen molar-refractivity contribution >= 4 is 11.9 Å². The SMILES string of the molecule is CC(c1ccccc1)N1CCN(C(=O)c2ccccc2C(=O)O)CC1. The summed E-state index contributed by atoms with van der Waals surface area (Å²) in [5, 5.41) is 9.27. The second kappa shape index (κ2) is 7.49. The minimum Gasteiger partial charge on any atom is -0.478 e. The number of hydrogen-bond donors (Lipinski definition) is 1. The van der Waals surface area contributed by atoms with E-state index in [0.717, 1.165) is 13.1 Å². The first-order chi connectivity index (χ1) is 12.1. The fourth-order valence-electron chi connectivity index (χ4n) is 3.28. The molecule has 1 fully saturated rings. The number of carboxylic acid groups (broad SMARTS) is 1. The molecule has 1 aliphatic heterocycles. The summed E-state index contributed by atoms with van der Waals surface area (Å²) in [4.78, 5) is 28.1. The minimum absolute atomic E-state index is 0.0626. The summed E-state index contributed by atoms with van der Waals surface area (Å²) < 4.78 is 0. The van der Waals surface area contributed by atoms with Gasteiger partial charge in [-0.2, -0.15) is 0 Å². The van der Waals surface area contributed by atoms with Crippen LogP contribution in [0.5, 0.6) is 0 Å². The normalized spacial score (nSPS) is 16.4. The number of amides is 1. The average Bonchev–Trinajstić information content (AvgIpc) is 2.67. The number of rotatable bonds is 4. The van der Waals surface area contributed by atoms with Gasteiger partial charge in [-0.25, -0.2) is 4.79 Å². The van der Waals surface area contributed by atoms with Crippen molar-refractivity contribution in [3.8, 4) is 0 Å². The maximum Gasteiger partial charge on any atom is 0.336 e. The first kappa shape index (κ1) is 17.2. The van der Waals surface area contributed by atoms with E-state index in [9.17, 15) is 14.7 Å². The van der Waals surface area contributed by atoms with Gasteiger partial charge in [-0.3, -0.25) is 9.69 Å². The van der Waals surface area contributed by atoms with E-state index in [1.165, 1.54) is 11.6 Å². The first-order valence-corrected chi connectivity index (χ1v) is 8.48. The Morgan fingerprint density at radius 3 is 2.04 bits per heavy atom. The molecule has 2 aromatic carbocycles. The Labute approximate surface area is 147 Å². The molecule has 130 valence electrons. The predicted octanol–water partition coefficient (Wildman–Crippen LogP) is 2.90. The summed E-state index contributed by atoms with van der Waals surface area (Å²) in [5.74, 6) is -1.27. The summed E-state index contributed by atoms with van der Waals surface area (Å²) in [5.41, 5.74) is 1.59. The van der Waals surface area contributed by atoms with E-state index in [0.29, 0.717) is 19.1 Å². The second-order valence-corrected chi connectivity index (χ2v) is 6.27. The average molecular weight is 338 g/mol. The molecule has 0 radical (unpaired) electrons. The van der Waals surface area contributed by atoms with Crippen molar-refractivity contribution in [3.05, 3.63) is 71.3 Å². The topological polar surface area (TPSA) is 60.9 Å². The zero-order chi connectivity index (χ0) is 17.8. The molecule has 5 heteroatoms. The highest BCUT2D eigenvalue weighted by Gasteiger charge is 2.27. The van der Waals surface area contributed by atoms with Gasteiger partial charge in [0.1, 0.15) is 0 Å². The van der Waals surface area contributed by atoms with Crippen LogP contribution in [-0.2, 0) is 0 Å². The fraction of sp³-hybridized carbons (Fsp3) is 0.300. The number of carbonyl (C=O) groups excluding carboxylic acids is 1. The van der Waals surface area contributed by atoms with Crippen molar-refractivity contribution in [1.82, 2.24) is 9.80 Å². The number of nitrogens with zero attached hydrogens (tertiary/aromatic N) is 2. The molecule has 1 saturated heterocycles. The maximum absolute atomic E-state index is 12.7. The summed E-state index contributed by atoms with van der Waals surface area (Å²) in [6.07, 6.45) is 0. The Kier molecular flexibility index (Phi) is 5.14. The molecule has 1 N–H and O–H groups in total. The van der Waals surface area contributed by atoms with Crippen LogP contribution in [-0.4, -0.2) is 53.0 Å². The molecule has 1 atom stereocenters. The zero-order valence-corrected chi connectivity index (χ0v) is 14.3. The van der Waals surface area contributed by atoms with Gasteiger partial charge in [0.05, 0.1) is 11.1 Å². The summed E-state index contributed by atoms with van der Waals surface area (Å²) in [6, 6.07) is 17.0. The maximum atomic E-state index is 12.7. The standard InChI is InChI=1S/C20H22N2O3/c1-15(16-7-3-2-4-8-16)21-11-13-22(14-12-21)19(23)17-9-5-6-10-18(17)20(24)25/h2-10,15H,11-14H2,1H3,(H,24,25). The predicted molar refractivity (Wildman–Crippen MR) is 95.7 cm³/mol. The Morgan fingerprint density at radius 1 is 0.880 bits per heavy atom. The van der Waals surface area contributed by atoms with E-state index in [1.54, 1.807) is 23.1 Å². The molecule has 5 nitrogen and oxygen atoms in total. The third kappa shape index (κ3) is 3.72. The lowest BCUT2D eigenvalue weighted by Crippen LogP contribution is -2.49. The molecule has 0 aliphatic carbocycles. The van der Waals surface area contributed by atoms with Crippen LogP contribution in [0.2, 0.25) is 0 Å². The van der Waals surface area contributed by atoms with E-state index < -0.39 is 5.97 Å². The number of aromatic carboxylic acids is 1. The monoisotopic (exact) mass is 338 g/mol. The Bertz CT molecular complexity index is 753. The highest BCUT2D eigenvalue weighted by atomic mass is 16.4. The van der Waals surface area contributed by atoms with Gasteiger partial charge in [0, 0.05) is 32.2 Å². The number of piperazine rings is 1. The van der Waals surface area contributed by atoms with Crippen LogP contribution in [0.4, 0.5) is 0 Å². The molecule has 25 heavy (non-hydrogen) atoms. The molecule has 1 aliphatic rings. The van der Waals surface area contributed by atoms with Crippen molar-refractivity contribution < 1.29 is 14.7 Å². The fourth-order valence-corrected chi connectivity index (χ4v) is 3.28. The molecule has 1 unspecified atom stereocenters. The van der Waals surface area contributed by atoms with Crippen LogP contribution in [0.3, 0.4) is 0 Å². The molecule has 1 amide bonds. The number of carbonyl (C=O) groups is 2. The first-order valence-electron chi connectivity index (χ1n) is 8.48. The Hall–Kier alpha value is -2.66. The lowest BCUT2D eigenvalue weighted by molar-refractivity contribution is 0.0569. The van der Waals surface area contributed by atoms with Gasteiger partial charge in [0.15, 0.2) is 0 Å². The van der Waals surface area contributed by atoms with Gasteiger partial charge in [-0.05, 0) is 24.6 Å². The van der Waals surface area contributed by atoms with Crippen molar-refractivity contribution in [1.29, 1.82) is 0 Å². The summed E-state index contributed by atoms with van der Waals surface area (Å²) >= 11 is 0. The van der Waals surface area contributed by atoms with Gasteiger partial charge in [-0.1, -0.05) is 42.5 Å². The minimum atomic E-state index is -1.07. The van der Waals surface area contributed by atoms with E-state index >= 15 is 0 Å². The third-order valence-electron chi connectivity index (χ3n) is 4.82. The van der Waals surface area contributed by atoms with Crippen LogP contribution < -0.4 is 0 Å². The van der Waals surface area contributed by atoms with Crippen LogP contribution in [0.1, 0.15) is 39.2 Å². The lowest BCUT2D eigenvalue weighted by Gasteiger charge is -2.38. The summed E-state index contributed by atoms with van der Waals surface area (Å²) in [6.45, 7) is 4.93. The Morgan fingerprint density at radius 2 is 1.44 bits per heavy atom. The second-order valence-electron chi connectivity index (χ2n) is 6.27. The lowest BCUT2D eigenvalue weighted by atomic mass is 10.0. The zero-order valence-electron chi connectivity index (χ0n) is 14.3. The molecular formula is C20H22N2O3. The highest BCUT2D eigenvalue weighted by molar-refractivity contribution is 6.04. The smallest absolute Gasteiger partial charge is 0.336 e. The van der Waals surface area contributed by atoms with Crippen LogP contribution in [0.25, 0.3) is 0 Å². The van der Waals surface area contributed by atoms with Crippen LogP contribution in [0, 0.1) is 0 Å². The van der Waals surface area contributed by atoms with E-state index in [4.69, 9.17) is 0 Å². The molecule has 1 heterocycles. The van der Waals surface area contributed by atoms with Crippen molar-refractivity contribution in [2.24, 2.45) is 0 Å². The van der Waals surface area contributed by atoms with Crippen LogP contribution in [0.15, 0.2) is 54.6 Å². The molecule has 0 aromatic heterocycles. The van der Waals surface area contributed by atoms with Crippen molar-refractivity contribution in [3.63, 3.8) is 0 Å².